The molecule has 2 aliphatic rings. The highest BCUT2D eigenvalue weighted by molar-refractivity contribution is 6.21. The van der Waals surface area contributed by atoms with Crippen molar-refractivity contribution in [3.63, 3.8) is 0 Å². The van der Waals surface area contributed by atoms with Gasteiger partial charge in [0.2, 0.25) is 5.91 Å². The van der Waals surface area contributed by atoms with Crippen LogP contribution in [-0.4, -0.2) is 17.7 Å². The van der Waals surface area contributed by atoms with Crippen LogP contribution in [0.3, 0.4) is 0 Å². The van der Waals surface area contributed by atoms with Gasteiger partial charge in [-0.2, -0.15) is 0 Å². The fraction of sp³-hybridized carbons (Fsp3) is 0.167. The summed E-state index contributed by atoms with van der Waals surface area (Å²) in [4.78, 5) is 35.0. The molecule has 1 fully saturated rings. The number of hydrogen-bond donors (Lipinski definition) is 2. The molecule has 3 amide bonds. The first-order valence-corrected chi connectivity index (χ1v) is 7.69. The van der Waals surface area contributed by atoms with Crippen LogP contribution in [0.4, 0.5) is 5.69 Å². The average molecular weight is 322 g/mol. The molecule has 24 heavy (non-hydrogen) atoms. The van der Waals surface area contributed by atoms with E-state index in [0.29, 0.717) is 28.3 Å². The number of amides is 3. The molecule has 1 aliphatic carbocycles. The fourth-order valence-electron chi connectivity index (χ4n) is 2.57. The van der Waals surface area contributed by atoms with Crippen LogP contribution in [0.2, 0.25) is 0 Å². The summed E-state index contributed by atoms with van der Waals surface area (Å²) in [6.07, 6.45) is 1.88. The van der Waals surface area contributed by atoms with Gasteiger partial charge in [0.15, 0.2) is 0 Å². The fourth-order valence-corrected chi connectivity index (χ4v) is 2.57. The van der Waals surface area contributed by atoms with Crippen molar-refractivity contribution in [2.24, 2.45) is 5.92 Å². The zero-order valence-corrected chi connectivity index (χ0v) is 12.7. The van der Waals surface area contributed by atoms with Gasteiger partial charge in [-0.15, -0.1) is 0 Å². The molecule has 0 radical (unpaired) electrons. The van der Waals surface area contributed by atoms with Crippen LogP contribution in [0.5, 0.6) is 11.5 Å². The van der Waals surface area contributed by atoms with Crippen molar-refractivity contribution in [2.75, 3.05) is 5.32 Å². The number of carbonyl (C=O) groups is 3. The van der Waals surface area contributed by atoms with Gasteiger partial charge in [-0.3, -0.25) is 19.7 Å². The standard InChI is InChI=1S/C18H14N2O4/c21-16(10-4-5-10)19-11-2-1-3-12(8-11)24-13-6-7-14-15(9-13)18(23)20-17(14)22/h1-3,6-10H,4-5H2,(H,19,21)(H,20,22,23). The summed E-state index contributed by atoms with van der Waals surface area (Å²) in [5.41, 5.74) is 1.31. The maximum Gasteiger partial charge on any atom is 0.259 e. The molecular weight excluding hydrogens is 308 g/mol. The van der Waals surface area contributed by atoms with Crippen LogP contribution in [0.1, 0.15) is 33.6 Å². The molecule has 2 aromatic rings. The summed E-state index contributed by atoms with van der Waals surface area (Å²) in [5.74, 6) is 0.317. The minimum absolute atomic E-state index is 0.0277. The molecule has 1 saturated carbocycles. The number of benzene rings is 2. The van der Waals surface area contributed by atoms with E-state index in [9.17, 15) is 14.4 Å². The van der Waals surface area contributed by atoms with Crippen LogP contribution in [0.15, 0.2) is 42.5 Å². The Balaban J connectivity index is 1.53. The number of carbonyl (C=O) groups excluding carboxylic acids is 3. The summed E-state index contributed by atoms with van der Waals surface area (Å²) in [5, 5.41) is 5.10. The van der Waals surface area contributed by atoms with E-state index in [1.807, 2.05) is 0 Å². The molecule has 6 nitrogen and oxygen atoms in total. The average Bonchev–Trinajstić information content (AvgIpc) is 3.36. The van der Waals surface area contributed by atoms with E-state index in [4.69, 9.17) is 4.74 Å². The normalized spacial score (nSPS) is 15.7. The molecule has 0 saturated heterocycles. The van der Waals surface area contributed by atoms with Gasteiger partial charge >= 0.3 is 0 Å². The first-order chi connectivity index (χ1) is 11.6. The molecule has 0 unspecified atom stereocenters. The van der Waals surface area contributed by atoms with Gasteiger partial charge < -0.3 is 10.1 Å². The second-order valence-electron chi connectivity index (χ2n) is 5.88. The first-order valence-electron chi connectivity index (χ1n) is 7.69. The van der Waals surface area contributed by atoms with Crippen molar-refractivity contribution in [1.82, 2.24) is 5.32 Å². The number of fused-ring (bicyclic) bond motifs is 1. The third-order valence-corrected chi connectivity index (χ3v) is 3.99. The number of imide groups is 1. The van der Waals surface area contributed by atoms with E-state index >= 15 is 0 Å². The van der Waals surface area contributed by atoms with Crippen molar-refractivity contribution >= 4 is 23.4 Å². The lowest BCUT2D eigenvalue weighted by atomic mass is 10.1. The Morgan fingerprint density at radius 2 is 1.75 bits per heavy atom. The van der Waals surface area contributed by atoms with E-state index in [-0.39, 0.29) is 11.8 Å². The Bertz CT molecular complexity index is 871. The third-order valence-electron chi connectivity index (χ3n) is 3.99. The summed E-state index contributed by atoms with van der Waals surface area (Å²) >= 11 is 0. The van der Waals surface area contributed by atoms with Crippen molar-refractivity contribution in [1.29, 1.82) is 0 Å². The Morgan fingerprint density at radius 3 is 2.54 bits per heavy atom. The topological polar surface area (TPSA) is 84.5 Å². The summed E-state index contributed by atoms with van der Waals surface area (Å²) in [6.45, 7) is 0. The zero-order chi connectivity index (χ0) is 16.7. The Morgan fingerprint density at radius 1 is 1.00 bits per heavy atom. The molecule has 4 rings (SSSR count). The highest BCUT2D eigenvalue weighted by Crippen LogP contribution is 2.31. The predicted molar refractivity (Wildman–Crippen MR) is 86.1 cm³/mol. The third kappa shape index (κ3) is 2.74. The highest BCUT2D eigenvalue weighted by atomic mass is 16.5. The number of hydrogen-bond acceptors (Lipinski definition) is 4. The summed E-state index contributed by atoms with van der Waals surface area (Å²) in [6, 6.07) is 11.8. The molecule has 6 heteroatoms. The minimum Gasteiger partial charge on any atom is -0.457 e. The smallest absolute Gasteiger partial charge is 0.259 e. The maximum atomic E-state index is 11.8. The quantitative estimate of drug-likeness (QED) is 0.848. The molecule has 2 N–H and O–H groups in total. The summed E-state index contributed by atoms with van der Waals surface area (Å²) in [7, 11) is 0. The van der Waals surface area contributed by atoms with Crippen LogP contribution < -0.4 is 15.4 Å². The lowest BCUT2D eigenvalue weighted by Gasteiger charge is -2.09. The first kappa shape index (κ1) is 14.4. The lowest BCUT2D eigenvalue weighted by Crippen LogP contribution is -2.19. The zero-order valence-electron chi connectivity index (χ0n) is 12.7. The SMILES string of the molecule is O=C1NC(=O)c2cc(Oc3cccc(NC(=O)C4CC4)c3)ccc21. The molecule has 1 heterocycles. The molecule has 0 atom stereocenters. The van der Waals surface area contributed by atoms with Gasteiger partial charge in [-0.05, 0) is 43.2 Å². The number of ether oxygens (including phenoxy) is 1. The molecule has 0 spiro atoms. The Labute approximate surface area is 137 Å². The molecule has 0 aromatic heterocycles. The lowest BCUT2D eigenvalue weighted by molar-refractivity contribution is -0.117. The highest BCUT2D eigenvalue weighted by Gasteiger charge is 2.29. The Hall–Kier alpha value is -3.15. The minimum atomic E-state index is -0.425. The number of anilines is 1. The van der Waals surface area contributed by atoms with Crippen LogP contribution >= 0.6 is 0 Å². The predicted octanol–water partition coefficient (Wildman–Crippen LogP) is 2.71. The monoisotopic (exact) mass is 322 g/mol. The van der Waals surface area contributed by atoms with E-state index in [1.165, 1.54) is 6.07 Å². The van der Waals surface area contributed by atoms with Crippen LogP contribution in [0.25, 0.3) is 0 Å². The van der Waals surface area contributed by atoms with Crippen molar-refractivity contribution < 1.29 is 19.1 Å². The van der Waals surface area contributed by atoms with E-state index in [1.54, 1.807) is 36.4 Å². The van der Waals surface area contributed by atoms with Gasteiger partial charge in [-0.25, -0.2) is 0 Å². The molecule has 120 valence electrons. The van der Waals surface area contributed by atoms with Crippen molar-refractivity contribution in [3.8, 4) is 11.5 Å². The molecule has 2 aromatic carbocycles. The van der Waals surface area contributed by atoms with Crippen LogP contribution in [-0.2, 0) is 4.79 Å². The number of rotatable bonds is 4. The number of nitrogens with one attached hydrogen (secondary N) is 2. The van der Waals surface area contributed by atoms with Crippen molar-refractivity contribution in [2.45, 2.75) is 12.8 Å². The van der Waals surface area contributed by atoms with Gasteiger partial charge in [0.25, 0.3) is 11.8 Å². The largest absolute Gasteiger partial charge is 0.457 e. The Kier molecular flexibility index (Phi) is 3.30. The van der Waals surface area contributed by atoms with E-state index in [2.05, 4.69) is 10.6 Å². The van der Waals surface area contributed by atoms with E-state index in [0.717, 1.165) is 12.8 Å². The second-order valence-corrected chi connectivity index (χ2v) is 5.88. The molecular formula is C18H14N2O4. The van der Waals surface area contributed by atoms with Crippen LogP contribution in [0, 0.1) is 5.92 Å². The second kappa shape index (κ2) is 5.49. The van der Waals surface area contributed by atoms with Gasteiger partial charge in [-0.1, -0.05) is 6.07 Å². The van der Waals surface area contributed by atoms with Crippen molar-refractivity contribution in [3.05, 3.63) is 53.6 Å². The molecule has 0 bridgehead atoms. The van der Waals surface area contributed by atoms with Gasteiger partial charge in [0, 0.05) is 17.7 Å². The van der Waals surface area contributed by atoms with Gasteiger partial charge in [0.1, 0.15) is 11.5 Å². The molecule has 1 aliphatic heterocycles. The maximum absolute atomic E-state index is 11.8. The summed E-state index contributed by atoms with van der Waals surface area (Å²) < 4.78 is 5.74. The van der Waals surface area contributed by atoms with Gasteiger partial charge in [0.05, 0.1) is 11.1 Å². The van der Waals surface area contributed by atoms with E-state index < -0.39 is 11.8 Å².